The second-order valence-electron chi connectivity index (χ2n) is 5.36. The molecule has 1 aromatic rings. The summed E-state index contributed by atoms with van der Waals surface area (Å²) in [6.07, 6.45) is 2.47. The van der Waals surface area contributed by atoms with E-state index in [0.717, 1.165) is 19.5 Å². The Hall–Kier alpha value is -1.02. The van der Waals surface area contributed by atoms with Gasteiger partial charge in [-0.1, -0.05) is 13.0 Å². The van der Waals surface area contributed by atoms with Gasteiger partial charge < -0.3 is 5.11 Å². The molecule has 1 aromatic heterocycles. The van der Waals surface area contributed by atoms with Gasteiger partial charge >= 0.3 is 0 Å². The summed E-state index contributed by atoms with van der Waals surface area (Å²) in [5.41, 5.74) is 0.607. The van der Waals surface area contributed by atoms with Crippen LogP contribution in [-0.2, 0) is 16.6 Å². The maximum Gasteiger partial charge on any atom is 0.260 e. The van der Waals surface area contributed by atoms with E-state index in [1.54, 1.807) is 6.07 Å². The first-order chi connectivity index (χ1) is 9.98. The zero-order chi connectivity index (χ0) is 15.5. The van der Waals surface area contributed by atoms with Crippen LogP contribution in [0.25, 0.3) is 0 Å². The van der Waals surface area contributed by atoms with Gasteiger partial charge in [0.15, 0.2) is 5.03 Å². The van der Waals surface area contributed by atoms with Gasteiger partial charge in [0.05, 0.1) is 6.61 Å². The summed E-state index contributed by atoms with van der Waals surface area (Å²) in [5.74, 6) is 0. The monoisotopic (exact) mass is 313 g/mol. The molecule has 1 N–H and O–H groups in total. The Balaban J connectivity index is 2.07. The SMILES string of the molecule is CCC(C)N1CCN(S(=O)(=O)c2ccc(CO)cn2)CC1. The van der Waals surface area contributed by atoms with Crippen molar-refractivity contribution in [3.63, 3.8) is 0 Å². The van der Waals surface area contributed by atoms with E-state index in [-0.39, 0.29) is 11.6 Å². The van der Waals surface area contributed by atoms with Crippen molar-refractivity contribution < 1.29 is 13.5 Å². The van der Waals surface area contributed by atoms with Crippen molar-refractivity contribution in [2.24, 2.45) is 0 Å². The van der Waals surface area contributed by atoms with Crippen LogP contribution in [0.5, 0.6) is 0 Å². The van der Waals surface area contributed by atoms with Crippen molar-refractivity contribution in [1.82, 2.24) is 14.2 Å². The van der Waals surface area contributed by atoms with Crippen LogP contribution in [0, 0.1) is 0 Å². The fourth-order valence-electron chi connectivity index (χ4n) is 2.43. The molecule has 0 bridgehead atoms. The third-order valence-corrected chi connectivity index (χ3v) is 5.89. The van der Waals surface area contributed by atoms with Gasteiger partial charge in [-0.25, -0.2) is 13.4 Å². The molecule has 0 aliphatic carbocycles. The Kier molecular flexibility index (Phi) is 5.32. The Labute approximate surface area is 126 Å². The highest BCUT2D eigenvalue weighted by atomic mass is 32.2. The molecule has 1 aliphatic heterocycles. The van der Waals surface area contributed by atoms with E-state index in [4.69, 9.17) is 5.11 Å². The molecule has 0 saturated carbocycles. The molecule has 1 atom stereocenters. The van der Waals surface area contributed by atoms with Crippen molar-refractivity contribution >= 4 is 10.0 Å². The second-order valence-corrected chi connectivity index (χ2v) is 7.24. The molecule has 0 radical (unpaired) electrons. The summed E-state index contributed by atoms with van der Waals surface area (Å²) in [7, 11) is -3.53. The van der Waals surface area contributed by atoms with E-state index >= 15 is 0 Å². The first-order valence-corrected chi connectivity index (χ1v) is 8.73. The summed E-state index contributed by atoms with van der Waals surface area (Å²) < 4.78 is 26.5. The number of nitrogens with zero attached hydrogens (tertiary/aromatic N) is 3. The van der Waals surface area contributed by atoms with Crippen molar-refractivity contribution in [3.05, 3.63) is 23.9 Å². The van der Waals surface area contributed by atoms with Crippen molar-refractivity contribution in [3.8, 4) is 0 Å². The minimum absolute atomic E-state index is 0.0525. The maximum atomic E-state index is 12.5. The molecule has 0 spiro atoms. The lowest BCUT2D eigenvalue weighted by Gasteiger charge is -2.36. The molecule has 1 aliphatic rings. The molecule has 2 heterocycles. The average molecular weight is 313 g/mol. The van der Waals surface area contributed by atoms with Crippen LogP contribution < -0.4 is 0 Å². The topological polar surface area (TPSA) is 73.7 Å². The van der Waals surface area contributed by atoms with E-state index in [1.165, 1.54) is 16.6 Å². The van der Waals surface area contributed by atoms with Gasteiger partial charge in [-0.3, -0.25) is 4.90 Å². The quantitative estimate of drug-likeness (QED) is 0.865. The predicted octanol–water partition coefficient (Wildman–Crippen LogP) is 0.679. The number of aliphatic hydroxyl groups excluding tert-OH is 1. The van der Waals surface area contributed by atoms with Gasteiger partial charge in [0.25, 0.3) is 10.0 Å². The number of hydrogen-bond acceptors (Lipinski definition) is 5. The van der Waals surface area contributed by atoms with Gasteiger partial charge in [0.2, 0.25) is 0 Å². The second kappa shape index (κ2) is 6.83. The Bertz CT molecular complexity index is 551. The van der Waals surface area contributed by atoms with Gasteiger partial charge in [-0.15, -0.1) is 0 Å². The molecule has 7 heteroatoms. The molecular formula is C14H23N3O3S. The molecular weight excluding hydrogens is 290 g/mol. The van der Waals surface area contributed by atoms with Crippen LogP contribution in [0.15, 0.2) is 23.4 Å². The lowest BCUT2D eigenvalue weighted by Crippen LogP contribution is -2.51. The molecule has 1 unspecified atom stereocenters. The van der Waals surface area contributed by atoms with Gasteiger partial charge in [0.1, 0.15) is 0 Å². The minimum atomic E-state index is -3.53. The van der Waals surface area contributed by atoms with E-state index in [9.17, 15) is 8.42 Å². The zero-order valence-electron chi connectivity index (χ0n) is 12.6. The summed E-state index contributed by atoms with van der Waals surface area (Å²) in [6.45, 7) is 6.67. The summed E-state index contributed by atoms with van der Waals surface area (Å²) in [4.78, 5) is 6.28. The molecule has 0 amide bonds. The molecule has 1 saturated heterocycles. The number of aromatic nitrogens is 1. The Morgan fingerprint density at radius 1 is 1.29 bits per heavy atom. The van der Waals surface area contributed by atoms with Gasteiger partial charge in [-0.05, 0) is 25.0 Å². The highest BCUT2D eigenvalue weighted by molar-refractivity contribution is 7.89. The van der Waals surface area contributed by atoms with Crippen molar-refractivity contribution in [1.29, 1.82) is 0 Å². The first-order valence-electron chi connectivity index (χ1n) is 7.29. The largest absolute Gasteiger partial charge is 0.392 e. The number of pyridine rings is 1. The van der Waals surface area contributed by atoms with Crippen molar-refractivity contribution in [2.45, 2.75) is 37.9 Å². The lowest BCUT2D eigenvalue weighted by molar-refractivity contribution is 0.142. The summed E-state index contributed by atoms with van der Waals surface area (Å²) in [6, 6.07) is 3.54. The molecule has 21 heavy (non-hydrogen) atoms. The van der Waals surface area contributed by atoms with E-state index in [0.29, 0.717) is 24.7 Å². The maximum absolute atomic E-state index is 12.5. The average Bonchev–Trinajstić information content (AvgIpc) is 2.54. The molecule has 1 fully saturated rings. The molecule has 118 valence electrons. The fourth-order valence-corrected chi connectivity index (χ4v) is 3.77. The Morgan fingerprint density at radius 3 is 2.43 bits per heavy atom. The van der Waals surface area contributed by atoms with Crippen LogP contribution in [0.1, 0.15) is 25.8 Å². The normalized spacial score (nSPS) is 19.6. The van der Waals surface area contributed by atoms with Crippen LogP contribution in [0.3, 0.4) is 0 Å². The fraction of sp³-hybridized carbons (Fsp3) is 0.643. The molecule has 2 rings (SSSR count). The van der Waals surface area contributed by atoms with E-state index in [2.05, 4.69) is 23.7 Å². The third kappa shape index (κ3) is 3.60. The Morgan fingerprint density at radius 2 is 1.95 bits per heavy atom. The van der Waals surface area contributed by atoms with Gasteiger partial charge in [0, 0.05) is 38.4 Å². The van der Waals surface area contributed by atoms with Crippen LogP contribution >= 0.6 is 0 Å². The summed E-state index contributed by atoms with van der Waals surface area (Å²) >= 11 is 0. The smallest absolute Gasteiger partial charge is 0.260 e. The third-order valence-electron chi connectivity index (χ3n) is 4.07. The number of aliphatic hydroxyl groups is 1. The minimum Gasteiger partial charge on any atom is -0.392 e. The molecule has 0 aromatic carbocycles. The van der Waals surface area contributed by atoms with Gasteiger partial charge in [-0.2, -0.15) is 4.31 Å². The van der Waals surface area contributed by atoms with E-state index in [1.807, 2.05) is 0 Å². The number of rotatable bonds is 5. The van der Waals surface area contributed by atoms with Crippen molar-refractivity contribution in [2.75, 3.05) is 26.2 Å². The predicted molar refractivity (Wildman–Crippen MR) is 80.2 cm³/mol. The van der Waals surface area contributed by atoms with Crippen LogP contribution in [0.4, 0.5) is 0 Å². The number of hydrogen-bond donors (Lipinski definition) is 1. The summed E-state index contributed by atoms with van der Waals surface area (Å²) in [5, 5.41) is 9.03. The number of piperazine rings is 1. The standard InChI is InChI=1S/C14H23N3O3S/c1-3-12(2)16-6-8-17(9-7-16)21(19,20)14-5-4-13(11-18)10-15-14/h4-5,10,12,18H,3,6-9,11H2,1-2H3. The van der Waals surface area contributed by atoms with E-state index < -0.39 is 10.0 Å². The highest BCUT2D eigenvalue weighted by Gasteiger charge is 2.30. The van der Waals surface area contributed by atoms with Crippen LogP contribution in [-0.4, -0.2) is 59.9 Å². The zero-order valence-corrected chi connectivity index (χ0v) is 13.4. The molecule has 6 nitrogen and oxygen atoms in total. The highest BCUT2D eigenvalue weighted by Crippen LogP contribution is 2.17. The van der Waals surface area contributed by atoms with Crippen LogP contribution in [0.2, 0.25) is 0 Å². The lowest BCUT2D eigenvalue weighted by atomic mass is 10.2. The number of sulfonamides is 1. The first kappa shape index (κ1) is 16.4.